The highest BCUT2D eigenvalue weighted by molar-refractivity contribution is 6.06. The maximum absolute atomic E-state index is 13.7. The standard InChI is InChI=1S/C26H26N6O4/c1-16-8-11-18(12-9-16)28-24(34)20-13-10-17-6-4-5-7-19(17)32(20)21(33)14-31-25(35)22-23(27-15-29(22)2)30(3)26(31)36/h4-9,11-12,15,20H,10,13-14H2,1-3H3,(H,28,34). The van der Waals surface area contributed by atoms with Crippen LogP contribution in [-0.4, -0.2) is 36.5 Å². The first kappa shape index (κ1) is 23.3. The van der Waals surface area contributed by atoms with Gasteiger partial charge in [0.05, 0.1) is 6.33 Å². The Morgan fingerprint density at radius 1 is 1.06 bits per heavy atom. The number of hydrogen-bond acceptors (Lipinski definition) is 5. The predicted molar refractivity (Wildman–Crippen MR) is 136 cm³/mol. The number of rotatable bonds is 4. The molecule has 2 aromatic carbocycles. The second kappa shape index (κ2) is 8.95. The molecule has 1 atom stereocenters. The molecule has 10 heteroatoms. The fraction of sp³-hybridized carbons (Fsp3) is 0.269. The minimum absolute atomic E-state index is 0.220. The van der Waals surface area contributed by atoms with Crippen LogP contribution in [0, 0.1) is 6.92 Å². The minimum atomic E-state index is -0.798. The van der Waals surface area contributed by atoms with E-state index in [-0.39, 0.29) is 17.1 Å². The molecule has 4 aromatic rings. The molecule has 0 saturated heterocycles. The van der Waals surface area contributed by atoms with Crippen LogP contribution in [0.4, 0.5) is 11.4 Å². The number of anilines is 2. The lowest BCUT2D eigenvalue weighted by Crippen LogP contribution is -2.53. The first-order chi connectivity index (χ1) is 17.3. The van der Waals surface area contributed by atoms with Gasteiger partial charge in [-0.3, -0.25) is 23.9 Å². The largest absolute Gasteiger partial charge is 0.332 e. The zero-order valence-electron chi connectivity index (χ0n) is 20.3. The van der Waals surface area contributed by atoms with Gasteiger partial charge in [-0.25, -0.2) is 14.3 Å². The van der Waals surface area contributed by atoms with Crippen LogP contribution in [0.15, 0.2) is 64.4 Å². The van der Waals surface area contributed by atoms with Crippen molar-refractivity contribution in [3.05, 3.63) is 86.8 Å². The average Bonchev–Trinajstić information content (AvgIpc) is 3.27. The van der Waals surface area contributed by atoms with Crippen molar-refractivity contribution in [2.45, 2.75) is 32.4 Å². The SMILES string of the molecule is Cc1ccc(NC(=O)C2CCc3ccccc3N2C(=O)Cn2c(=O)c3c(ncn3C)n(C)c2=O)cc1. The molecule has 10 nitrogen and oxygen atoms in total. The molecular formula is C26H26N6O4. The van der Waals surface area contributed by atoms with Gasteiger partial charge in [-0.15, -0.1) is 0 Å². The van der Waals surface area contributed by atoms with Crippen LogP contribution in [0.5, 0.6) is 0 Å². The van der Waals surface area contributed by atoms with Gasteiger partial charge in [-0.1, -0.05) is 35.9 Å². The Bertz CT molecular complexity index is 1610. The van der Waals surface area contributed by atoms with E-state index in [0.717, 1.165) is 15.7 Å². The van der Waals surface area contributed by atoms with Crippen molar-refractivity contribution in [3.63, 3.8) is 0 Å². The Morgan fingerprint density at radius 3 is 2.53 bits per heavy atom. The highest BCUT2D eigenvalue weighted by atomic mass is 16.2. The smallest absolute Gasteiger partial charge is 0.328 e. The Morgan fingerprint density at radius 2 is 1.78 bits per heavy atom. The summed E-state index contributed by atoms with van der Waals surface area (Å²) in [5, 5.41) is 2.90. The highest BCUT2D eigenvalue weighted by Crippen LogP contribution is 2.31. The summed E-state index contributed by atoms with van der Waals surface area (Å²) >= 11 is 0. The van der Waals surface area contributed by atoms with E-state index in [0.29, 0.717) is 24.2 Å². The summed E-state index contributed by atoms with van der Waals surface area (Å²) in [6.07, 6.45) is 2.48. The molecule has 0 fully saturated rings. The number of aryl methyl sites for hydroxylation is 4. The molecule has 0 bridgehead atoms. The van der Waals surface area contributed by atoms with Gasteiger partial charge in [0, 0.05) is 25.5 Å². The lowest BCUT2D eigenvalue weighted by molar-refractivity contribution is -0.124. The van der Waals surface area contributed by atoms with Gasteiger partial charge in [-0.2, -0.15) is 0 Å². The number of para-hydroxylation sites is 1. The molecule has 0 spiro atoms. The molecule has 1 aliphatic rings. The van der Waals surface area contributed by atoms with Crippen LogP contribution >= 0.6 is 0 Å². The topological polar surface area (TPSA) is 111 Å². The number of carbonyl (C=O) groups excluding carboxylic acids is 2. The van der Waals surface area contributed by atoms with Crippen LogP contribution in [0.25, 0.3) is 11.2 Å². The molecule has 3 heterocycles. The molecule has 0 radical (unpaired) electrons. The van der Waals surface area contributed by atoms with Gasteiger partial charge in [0.1, 0.15) is 12.6 Å². The highest BCUT2D eigenvalue weighted by Gasteiger charge is 2.36. The first-order valence-electron chi connectivity index (χ1n) is 11.6. The molecule has 184 valence electrons. The normalized spacial score (nSPS) is 15.1. The van der Waals surface area contributed by atoms with E-state index in [1.165, 1.54) is 27.4 Å². The molecule has 36 heavy (non-hydrogen) atoms. The van der Waals surface area contributed by atoms with Gasteiger partial charge in [0.15, 0.2) is 11.2 Å². The van der Waals surface area contributed by atoms with E-state index in [1.807, 2.05) is 43.3 Å². The van der Waals surface area contributed by atoms with Crippen molar-refractivity contribution in [1.82, 2.24) is 18.7 Å². The summed E-state index contributed by atoms with van der Waals surface area (Å²) in [5.41, 5.74) is 2.43. The van der Waals surface area contributed by atoms with E-state index in [2.05, 4.69) is 10.3 Å². The number of aromatic nitrogens is 4. The molecule has 1 unspecified atom stereocenters. The van der Waals surface area contributed by atoms with Gasteiger partial charge in [0.25, 0.3) is 5.56 Å². The lowest BCUT2D eigenvalue weighted by atomic mass is 9.95. The second-order valence-corrected chi connectivity index (χ2v) is 9.06. The maximum atomic E-state index is 13.7. The number of nitrogens with zero attached hydrogens (tertiary/aromatic N) is 5. The zero-order chi connectivity index (χ0) is 25.6. The van der Waals surface area contributed by atoms with Crippen LogP contribution in [-0.2, 0) is 36.6 Å². The second-order valence-electron chi connectivity index (χ2n) is 9.06. The average molecular weight is 487 g/mol. The molecule has 0 aliphatic carbocycles. The third-order valence-electron chi connectivity index (χ3n) is 6.63. The van der Waals surface area contributed by atoms with Gasteiger partial charge < -0.3 is 9.88 Å². The van der Waals surface area contributed by atoms with Crippen molar-refractivity contribution >= 4 is 34.4 Å². The van der Waals surface area contributed by atoms with Crippen molar-refractivity contribution in [2.75, 3.05) is 10.2 Å². The van der Waals surface area contributed by atoms with Crippen molar-refractivity contribution < 1.29 is 9.59 Å². The number of benzene rings is 2. The Labute approximate surface area is 206 Å². The lowest BCUT2D eigenvalue weighted by Gasteiger charge is -2.36. The molecule has 2 aromatic heterocycles. The summed E-state index contributed by atoms with van der Waals surface area (Å²) in [6, 6.07) is 14.0. The van der Waals surface area contributed by atoms with E-state index >= 15 is 0 Å². The fourth-order valence-electron chi connectivity index (χ4n) is 4.71. The monoisotopic (exact) mass is 486 g/mol. The maximum Gasteiger partial charge on any atom is 0.332 e. The quantitative estimate of drug-likeness (QED) is 0.472. The van der Waals surface area contributed by atoms with Crippen molar-refractivity contribution in [2.24, 2.45) is 14.1 Å². The summed E-state index contributed by atoms with van der Waals surface area (Å²) in [4.78, 5) is 58.8. The van der Waals surface area contributed by atoms with Gasteiger partial charge in [0.2, 0.25) is 11.8 Å². The van der Waals surface area contributed by atoms with Crippen molar-refractivity contribution in [3.8, 4) is 0 Å². The van der Waals surface area contributed by atoms with Crippen LogP contribution in [0.1, 0.15) is 17.5 Å². The molecule has 5 rings (SSSR count). The molecular weight excluding hydrogens is 460 g/mol. The minimum Gasteiger partial charge on any atom is -0.328 e. The fourth-order valence-corrected chi connectivity index (χ4v) is 4.71. The number of amides is 2. The van der Waals surface area contributed by atoms with E-state index in [4.69, 9.17) is 0 Å². The number of carbonyl (C=O) groups is 2. The summed E-state index contributed by atoms with van der Waals surface area (Å²) in [5.74, 6) is -0.851. The molecule has 1 N–H and O–H groups in total. The van der Waals surface area contributed by atoms with Crippen LogP contribution < -0.4 is 21.5 Å². The zero-order valence-corrected chi connectivity index (χ0v) is 20.3. The summed E-state index contributed by atoms with van der Waals surface area (Å²) < 4.78 is 3.67. The van der Waals surface area contributed by atoms with E-state index in [9.17, 15) is 19.2 Å². The van der Waals surface area contributed by atoms with Crippen LogP contribution in [0.3, 0.4) is 0 Å². The third-order valence-corrected chi connectivity index (χ3v) is 6.63. The first-order valence-corrected chi connectivity index (χ1v) is 11.6. The number of imidazole rings is 1. The van der Waals surface area contributed by atoms with Gasteiger partial charge >= 0.3 is 5.69 Å². The molecule has 0 saturated carbocycles. The van der Waals surface area contributed by atoms with Gasteiger partial charge in [-0.05, 0) is 43.5 Å². The summed E-state index contributed by atoms with van der Waals surface area (Å²) in [7, 11) is 3.16. The van der Waals surface area contributed by atoms with E-state index in [1.54, 1.807) is 19.2 Å². The van der Waals surface area contributed by atoms with E-state index < -0.39 is 29.7 Å². The molecule has 1 aliphatic heterocycles. The Hall–Kier alpha value is -4.47. The number of nitrogens with one attached hydrogen (secondary N) is 1. The predicted octanol–water partition coefficient (Wildman–Crippen LogP) is 1.73. The van der Waals surface area contributed by atoms with Crippen molar-refractivity contribution in [1.29, 1.82) is 0 Å². The third kappa shape index (κ3) is 3.90. The number of fused-ring (bicyclic) bond motifs is 2. The Kier molecular flexibility index (Phi) is 5.79. The summed E-state index contributed by atoms with van der Waals surface area (Å²) in [6.45, 7) is 1.45. The van der Waals surface area contributed by atoms with Crippen LogP contribution in [0.2, 0.25) is 0 Å². The Balaban J connectivity index is 1.53. The number of hydrogen-bond donors (Lipinski definition) is 1. The molecule has 2 amide bonds.